The summed E-state index contributed by atoms with van der Waals surface area (Å²) in [4.78, 5) is 23.0. The molecule has 2 N–H and O–H groups in total. The Morgan fingerprint density at radius 3 is 2.65 bits per heavy atom. The molecule has 0 aliphatic carbocycles. The van der Waals surface area contributed by atoms with Gasteiger partial charge in [-0.1, -0.05) is 13.0 Å². The molecule has 0 aromatic heterocycles. The van der Waals surface area contributed by atoms with E-state index in [9.17, 15) is 14.7 Å². The Morgan fingerprint density at radius 1 is 1.40 bits per heavy atom. The van der Waals surface area contributed by atoms with Crippen LogP contribution in [0.5, 0.6) is 11.5 Å². The number of hydrogen-bond donors (Lipinski definition) is 2. The van der Waals surface area contributed by atoms with E-state index >= 15 is 0 Å². The highest BCUT2D eigenvalue weighted by molar-refractivity contribution is 5.91. The zero-order valence-electron chi connectivity index (χ0n) is 11.6. The number of benzene rings is 1. The maximum absolute atomic E-state index is 11.6. The summed E-state index contributed by atoms with van der Waals surface area (Å²) in [5.74, 6) is -0.220. The van der Waals surface area contributed by atoms with Crippen LogP contribution in [0.3, 0.4) is 0 Å². The van der Waals surface area contributed by atoms with Crippen molar-refractivity contribution in [3.05, 3.63) is 23.8 Å². The quantitative estimate of drug-likeness (QED) is 0.856. The van der Waals surface area contributed by atoms with Gasteiger partial charge in [0.15, 0.2) is 0 Å². The smallest absolute Gasteiger partial charge is 0.327 e. The van der Waals surface area contributed by atoms with Crippen molar-refractivity contribution in [2.75, 3.05) is 14.2 Å². The van der Waals surface area contributed by atoms with Crippen molar-refractivity contribution in [2.45, 2.75) is 24.8 Å². The monoisotopic (exact) mass is 279 g/mol. The van der Waals surface area contributed by atoms with E-state index in [2.05, 4.69) is 5.32 Å². The van der Waals surface area contributed by atoms with Crippen LogP contribution in [-0.4, -0.2) is 37.2 Å². The van der Waals surface area contributed by atoms with Crippen LogP contribution >= 0.6 is 0 Å². The zero-order chi connectivity index (χ0) is 14.9. The molecule has 6 heteroatoms. The van der Waals surface area contributed by atoms with Crippen molar-refractivity contribution in [2.24, 2.45) is 0 Å². The summed E-state index contributed by atoms with van der Waals surface area (Å²) in [6.45, 7) is 1.74. The number of aliphatic carboxylic acids is 1. The Hall–Kier alpha value is -2.24. The van der Waals surface area contributed by atoms with Crippen LogP contribution in [0.25, 0.3) is 0 Å². The molecule has 1 heterocycles. The summed E-state index contributed by atoms with van der Waals surface area (Å²) in [5, 5.41) is 11.8. The van der Waals surface area contributed by atoms with Gasteiger partial charge in [-0.2, -0.15) is 0 Å². The van der Waals surface area contributed by atoms with Crippen LogP contribution in [-0.2, 0) is 15.0 Å². The number of ether oxygens (including phenoxy) is 2. The molecule has 20 heavy (non-hydrogen) atoms. The van der Waals surface area contributed by atoms with Gasteiger partial charge in [0.1, 0.15) is 17.5 Å². The van der Waals surface area contributed by atoms with Gasteiger partial charge in [-0.25, -0.2) is 4.79 Å². The molecule has 2 unspecified atom stereocenters. The largest absolute Gasteiger partial charge is 0.497 e. The third-order valence-electron chi connectivity index (χ3n) is 3.74. The standard InChI is InChI=1S/C14H17NO5/c1-14(7-11(16)15-12(14)13(17)18)9-5-4-8(19-2)6-10(9)20-3/h4-6,12H,7H2,1-3H3,(H,15,16)(H,17,18). The predicted octanol–water partition coefficient (Wildman–Crippen LogP) is 0.935. The molecule has 1 saturated heterocycles. The van der Waals surface area contributed by atoms with Crippen molar-refractivity contribution in [1.82, 2.24) is 5.32 Å². The lowest BCUT2D eigenvalue weighted by Gasteiger charge is -2.29. The van der Waals surface area contributed by atoms with Gasteiger partial charge in [0.2, 0.25) is 5.91 Å². The number of carbonyl (C=O) groups excluding carboxylic acids is 1. The minimum Gasteiger partial charge on any atom is -0.497 e. The predicted molar refractivity (Wildman–Crippen MR) is 71.1 cm³/mol. The van der Waals surface area contributed by atoms with Gasteiger partial charge in [0, 0.05) is 23.5 Å². The average molecular weight is 279 g/mol. The summed E-state index contributed by atoms with van der Waals surface area (Å²) < 4.78 is 10.4. The zero-order valence-corrected chi connectivity index (χ0v) is 11.6. The fourth-order valence-electron chi connectivity index (χ4n) is 2.66. The van der Waals surface area contributed by atoms with Gasteiger partial charge >= 0.3 is 5.97 Å². The van der Waals surface area contributed by atoms with Crippen LogP contribution in [0.2, 0.25) is 0 Å². The van der Waals surface area contributed by atoms with Crippen molar-refractivity contribution >= 4 is 11.9 Å². The summed E-state index contributed by atoms with van der Waals surface area (Å²) in [7, 11) is 3.04. The maximum atomic E-state index is 11.6. The summed E-state index contributed by atoms with van der Waals surface area (Å²) >= 11 is 0. The molecule has 0 bridgehead atoms. The Kier molecular flexibility index (Phi) is 3.57. The lowest BCUT2D eigenvalue weighted by molar-refractivity contribution is -0.141. The molecule has 1 aromatic rings. The number of rotatable bonds is 4. The molecule has 1 fully saturated rings. The SMILES string of the molecule is COc1ccc(C2(C)CC(=O)NC2C(=O)O)c(OC)c1. The number of amides is 1. The Bertz CT molecular complexity index is 556. The van der Waals surface area contributed by atoms with Gasteiger partial charge in [0.25, 0.3) is 0 Å². The first kappa shape index (κ1) is 14.2. The molecule has 108 valence electrons. The lowest BCUT2D eigenvalue weighted by atomic mass is 9.75. The second-order valence-electron chi connectivity index (χ2n) is 5.00. The van der Waals surface area contributed by atoms with Crippen LogP contribution in [0.4, 0.5) is 0 Å². The van der Waals surface area contributed by atoms with Crippen LogP contribution < -0.4 is 14.8 Å². The van der Waals surface area contributed by atoms with Crippen molar-refractivity contribution in [3.63, 3.8) is 0 Å². The topological polar surface area (TPSA) is 84.9 Å². The van der Waals surface area contributed by atoms with Crippen LogP contribution in [0.1, 0.15) is 18.9 Å². The second-order valence-corrected chi connectivity index (χ2v) is 5.00. The minimum atomic E-state index is -1.06. The lowest BCUT2D eigenvalue weighted by Crippen LogP contribution is -2.44. The van der Waals surface area contributed by atoms with Gasteiger partial charge in [-0.15, -0.1) is 0 Å². The highest BCUT2D eigenvalue weighted by Gasteiger charge is 2.49. The Morgan fingerprint density at radius 2 is 2.10 bits per heavy atom. The van der Waals surface area contributed by atoms with E-state index in [1.165, 1.54) is 14.2 Å². The van der Waals surface area contributed by atoms with Gasteiger partial charge in [-0.05, 0) is 6.07 Å². The van der Waals surface area contributed by atoms with E-state index in [0.717, 1.165) is 0 Å². The molecule has 1 amide bonds. The third-order valence-corrected chi connectivity index (χ3v) is 3.74. The van der Waals surface area contributed by atoms with Crippen molar-refractivity contribution < 1.29 is 24.2 Å². The summed E-state index contributed by atoms with van der Waals surface area (Å²) in [5.41, 5.74) is -0.188. The Labute approximate surface area is 116 Å². The normalized spacial score (nSPS) is 25.1. The summed E-state index contributed by atoms with van der Waals surface area (Å²) in [6.07, 6.45) is 0.104. The van der Waals surface area contributed by atoms with Gasteiger partial charge in [-0.3, -0.25) is 4.79 Å². The Balaban J connectivity index is 2.53. The van der Waals surface area contributed by atoms with Gasteiger partial charge in [0.05, 0.1) is 14.2 Å². The fraction of sp³-hybridized carbons (Fsp3) is 0.429. The number of carboxylic acids is 1. The van der Waals surface area contributed by atoms with E-state index in [4.69, 9.17) is 9.47 Å². The van der Waals surface area contributed by atoms with E-state index < -0.39 is 17.4 Å². The van der Waals surface area contributed by atoms with Gasteiger partial charge < -0.3 is 19.9 Å². The van der Waals surface area contributed by atoms with E-state index in [1.54, 1.807) is 25.1 Å². The van der Waals surface area contributed by atoms with Crippen molar-refractivity contribution in [1.29, 1.82) is 0 Å². The molecule has 0 saturated carbocycles. The van der Waals surface area contributed by atoms with E-state index in [-0.39, 0.29) is 12.3 Å². The molecule has 1 aliphatic heterocycles. The van der Waals surface area contributed by atoms with Crippen LogP contribution in [0.15, 0.2) is 18.2 Å². The molecular weight excluding hydrogens is 262 g/mol. The first-order chi connectivity index (χ1) is 9.42. The molecule has 1 aliphatic rings. The van der Waals surface area contributed by atoms with E-state index in [1.807, 2.05) is 0 Å². The number of hydrogen-bond acceptors (Lipinski definition) is 4. The number of nitrogens with one attached hydrogen (secondary N) is 1. The first-order valence-corrected chi connectivity index (χ1v) is 6.17. The highest BCUT2D eigenvalue weighted by atomic mass is 16.5. The average Bonchev–Trinajstić information content (AvgIpc) is 2.74. The fourth-order valence-corrected chi connectivity index (χ4v) is 2.66. The molecule has 2 atom stereocenters. The second kappa shape index (κ2) is 5.03. The molecule has 2 rings (SSSR count). The minimum absolute atomic E-state index is 0.104. The third kappa shape index (κ3) is 2.17. The molecule has 0 spiro atoms. The highest BCUT2D eigenvalue weighted by Crippen LogP contribution is 2.41. The van der Waals surface area contributed by atoms with E-state index in [0.29, 0.717) is 17.1 Å². The molecule has 1 aromatic carbocycles. The first-order valence-electron chi connectivity index (χ1n) is 6.17. The summed E-state index contributed by atoms with van der Waals surface area (Å²) in [6, 6.07) is 4.18. The molecule has 0 radical (unpaired) electrons. The molecular formula is C14H17NO5. The van der Waals surface area contributed by atoms with Crippen molar-refractivity contribution in [3.8, 4) is 11.5 Å². The number of methoxy groups -OCH3 is 2. The number of carboxylic acid groups (broad SMARTS) is 1. The molecule has 6 nitrogen and oxygen atoms in total. The maximum Gasteiger partial charge on any atom is 0.327 e. The van der Waals surface area contributed by atoms with Crippen LogP contribution in [0, 0.1) is 0 Å². The number of carbonyl (C=O) groups is 2.